The second kappa shape index (κ2) is 4.93. The molecule has 1 rings (SSSR count). The van der Waals surface area contributed by atoms with E-state index in [1.807, 2.05) is 0 Å². The molecule has 1 aromatic rings. The van der Waals surface area contributed by atoms with Crippen LogP contribution in [0.25, 0.3) is 0 Å². The van der Waals surface area contributed by atoms with E-state index < -0.39 is 0 Å². The lowest BCUT2D eigenvalue weighted by atomic mass is 10.3. The lowest BCUT2D eigenvalue weighted by Crippen LogP contribution is -2.35. The van der Waals surface area contributed by atoms with Crippen LogP contribution < -0.4 is 5.32 Å². The zero-order valence-corrected chi connectivity index (χ0v) is 8.45. The van der Waals surface area contributed by atoms with Crippen molar-refractivity contribution in [2.24, 2.45) is 0 Å². The Balaban J connectivity index is 2.70. The van der Waals surface area contributed by atoms with Crippen molar-refractivity contribution >= 4 is 17.5 Å². The van der Waals surface area contributed by atoms with Gasteiger partial charge in [-0.15, -0.1) is 0 Å². The van der Waals surface area contributed by atoms with Crippen LogP contribution in [0.2, 0.25) is 5.15 Å². The highest BCUT2D eigenvalue weighted by Crippen LogP contribution is 2.04. The SMILES string of the molecule is C[C@@H](CO)NC(=O)c1cccc(Cl)n1. The molecule has 5 heteroatoms. The number of halogens is 1. The summed E-state index contributed by atoms with van der Waals surface area (Å²) in [7, 11) is 0. The number of carbonyl (C=O) groups excluding carboxylic acids is 1. The second-order valence-corrected chi connectivity index (χ2v) is 3.29. The van der Waals surface area contributed by atoms with E-state index in [9.17, 15) is 4.79 Å². The molecule has 1 aromatic heterocycles. The number of rotatable bonds is 3. The minimum Gasteiger partial charge on any atom is -0.394 e. The molecule has 76 valence electrons. The summed E-state index contributed by atoms with van der Waals surface area (Å²) in [5.74, 6) is -0.339. The number of aliphatic hydroxyl groups excluding tert-OH is 1. The van der Waals surface area contributed by atoms with E-state index in [0.717, 1.165) is 0 Å². The minimum atomic E-state index is -0.339. The van der Waals surface area contributed by atoms with Gasteiger partial charge in [0.15, 0.2) is 0 Å². The van der Waals surface area contributed by atoms with Gasteiger partial charge in [-0.05, 0) is 19.1 Å². The first-order valence-corrected chi connectivity index (χ1v) is 4.55. The van der Waals surface area contributed by atoms with Crippen LogP contribution in [0, 0.1) is 0 Å². The van der Waals surface area contributed by atoms with Crippen molar-refractivity contribution in [3.05, 3.63) is 29.0 Å². The van der Waals surface area contributed by atoms with Gasteiger partial charge < -0.3 is 10.4 Å². The summed E-state index contributed by atoms with van der Waals surface area (Å²) in [6, 6.07) is 4.51. The van der Waals surface area contributed by atoms with Crippen LogP contribution in [0.4, 0.5) is 0 Å². The largest absolute Gasteiger partial charge is 0.394 e. The van der Waals surface area contributed by atoms with Crippen LogP contribution in [-0.2, 0) is 0 Å². The highest BCUT2D eigenvalue weighted by molar-refractivity contribution is 6.29. The molecule has 14 heavy (non-hydrogen) atoms. The number of pyridine rings is 1. The first-order valence-electron chi connectivity index (χ1n) is 4.17. The van der Waals surface area contributed by atoms with Gasteiger partial charge in [0.1, 0.15) is 10.8 Å². The zero-order valence-electron chi connectivity index (χ0n) is 7.70. The van der Waals surface area contributed by atoms with E-state index in [0.29, 0.717) is 0 Å². The minimum absolute atomic E-state index is 0.105. The number of hydrogen-bond donors (Lipinski definition) is 2. The summed E-state index contributed by atoms with van der Waals surface area (Å²) < 4.78 is 0. The third-order valence-electron chi connectivity index (χ3n) is 1.60. The van der Waals surface area contributed by atoms with Crippen molar-refractivity contribution in [2.45, 2.75) is 13.0 Å². The highest BCUT2D eigenvalue weighted by atomic mass is 35.5. The molecule has 0 saturated heterocycles. The molecule has 0 aliphatic heterocycles. The Labute approximate surface area is 86.9 Å². The molecular weight excluding hydrogens is 204 g/mol. The van der Waals surface area contributed by atoms with Crippen LogP contribution in [0.1, 0.15) is 17.4 Å². The Bertz CT molecular complexity index is 330. The molecule has 1 atom stereocenters. The van der Waals surface area contributed by atoms with Crippen molar-refractivity contribution in [1.82, 2.24) is 10.3 Å². The molecule has 0 aliphatic rings. The number of carbonyl (C=O) groups is 1. The third-order valence-corrected chi connectivity index (χ3v) is 1.81. The van der Waals surface area contributed by atoms with Gasteiger partial charge in [0, 0.05) is 6.04 Å². The van der Waals surface area contributed by atoms with Gasteiger partial charge in [0.2, 0.25) is 0 Å². The summed E-state index contributed by atoms with van der Waals surface area (Å²) in [6.07, 6.45) is 0. The van der Waals surface area contributed by atoms with Crippen LogP contribution in [0.5, 0.6) is 0 Å². The molecule has 0 aromatic carbocycles. The van der Waals surface area contributed by atoms with Gasteiger partial charge in [-0.2, -0.15) is 0 Å². The Morgan fingerprint density at radius 3 is 3.00 bits per heavy atom. The lowest BCUT2D eigenvalue weighted by molar-refractivity contribution is 0.0917. The average Bonchev–Trinajstić information content (AvgIpc) is 2.17. The topological polar surface area (TPSA) is 62.2 Å². The smallest absolute Gasteiger partial charge is 0.270 e. The fourth-order valence-electron chi connectivity index (χ4n) is 0.878. The average molecular weight is 215 g/mol. The molecule has 0 spiro atoms. The Kier molecular flexibility index (Phi) is 3.85. The van der Waals surface area contributed by atoms with Gasteiger partial charge in [-0.1, -0.05) is 17.7 Å². The van der Waals surface area contributed by atoms with Gasteiger partial charge in [-0.25, -0.2) is 4.98 Å². The van der Waals surface area contributed by atoms with Crippen molar-refractivity contribution in [2.75, 3.05) is 6.61 Å². The molecule has 0 aliphatic carbocycles. The summed E-state index contributed by atoms with van der Waals surface area (Å²) in [5.41, 5.74) is 0.248. The molecule has 4 nitrogen and oxygen atoms in total. The zero-order chi connectivity index (χ0) is 10.6. The van der Waals surface area contributed by atoms with Crippen molar-refractivity contribution < 1.29 is 9.90 Å². The van der Waals surface area contributed by atoms with E-state index in [2.05, 4.69) is 10.3 Å². The molecule has 1 amide bonds. The number of amides is 1. The molecule has 2 N–H and O–H groups in total. The van der Waals surface area contributed by atoms with E-state index in [1.165, 1.54) is 0 Å². The fourth-order valence-corrected chi connectivity index (χ4v) is 1.04. The number of aliphatic hydroxyl groups is 1. The molecule has 0 bridgehead atoms. The van der Waals surface area contributed by atoms with Crippen LogP contribution >= 0.6 is 11.6 Å². The highest BCUT2D eigenvalue weighted by Gasteiger charge is 2.09. The molecule has 0 radical (unpaired) electrons. The Morgan fingerprint density at radius 1 is 1.71 bits per heavy atom. The molecule has 0 unspecified atom stereocenters. The van der Waals surface area contributed by atoms with E-state index in [1.54, 1.807) is 25.1 Å². The Morgan fingerprint density at radius 2 is 2.43 bits per heavy atom. The van der Waals surface area contributed by atoms with Crippen molar-refractivity contribution in [3.8, 4) is 0 Å². The summed E-state index contributed by atoms with van der Waals surface area (Å²) >= 11 is 5.62. The Hall–Kier alpha value is -1.13. The second-order valence-electron chi connectivity index (χ2n) is 2.90. The number of aromatic nitrogens is 1. The number of nitrogens with zero attached hydrogens (tertiary/aromatic N) is 1. The molecule has 0 fully saturated rings. The lowest BCUT2D eigenvalue weighted by Gasteiger charge is -2.09. The molecule has 0 saturated carbocycles. The van der Waals surface area contributed by atoms with Crippen LogP contribution in [0.3, 0.4) is 0 Å². The summed E-state index contributed by atoms with van der Waals surface area (Å²) in [4.78, 5) is 15.3. The van der Waals surface area contributed by atoms with Gasteiger partial charge in [0.05, 0.1) is 6.61 Å². The van der Waals surface area contributed by atoms with E-state index >= 15 is 0 Å². The predicted octanol–water partition coefficient (Wildman–Crippen LogP) is 0.846. The molecular formula is C9H11ClN2O2. The number of nitrogens with one attached hydrogen (secondary N) is 1. The normalized spacial score (nSPS) is 12.2. The third kappa shape index (κ3) is 2.97. The van der Waals surface area contributed by atoms with Crippen LogP contribution in [0.15, 0.2) is 18.2 Å². The standard InChI is InChI=1S/C9H11ClN2O2/c1-6(5-13)11-9(14)7-3-2-4-8(10)12-7/h2-4,6,13H,5H2,1H3,(H,11,14)/t6-/m0/s1. The van der Waals surface area contributed by atoms with Crippen LogP contribution in [-0.4, -0.2) is 28.6 Å². The quantitative estimate of drug-likeness (QED) is 0.734. The first-order chi connectivity index (χ1) is 6.63. The van der Waals surface area contributed by atoms with Gasteiger partial charge in [0.25, 0.3) is 5.91 Å². The number of hydrogen-bond acceptors (Lipinski definition) is 3. The van der Waals surface area contributed by atoms with E-state index in [-0.39, 0.29) is 29.4 Å². The van der Waals surface area contributed by atoms with Crippen molar-refractivity contribution in [1.29, 1.82) is 0 Å². The molecule has 1 heterocycles. The van der Waals surface area contributed by atoms with Crippen molar-refractivity contribution in [3.63, 3.8) is 0 Å². The summed E-state index contributed by atoms with van der Waals surface area (Å²) in [6.45, 7) is 1.59. The summed E-state index contributed by atoms with van der Waals surface area (Å²) in [5, 5.41) is 11.6. The van der Waals surface area contributed by atoms with Gasteiger partial charge >= 0.3 is 0 Å². The van der Waals surface area contributed by atoms with Gasteiger partial charge in [-0.3, -0.25) is 4.79 Å². The monoisotopic (exact) mass is 214 g/mol. The maximum Gasteiger partial charge on any atom is 0.270 e. The fraction of sp³-hybridized carbons (Fsp3) is 0.333. The maximum absolute atomic E-state index is 11.4. The van der Waals surface area contributed by atoms with E-state index in [4.69, 9.17) is 16.7 Å². The maximum atomic E-state index is 11.4. The predicted molar refractivity (Wildman–Crippen MR) is 53.3 cm³/mol. The first kappa shape index (κ1) is 10.9.